The number of benzene rings is 1. The molecule has 2 rings (SSSR count). The van der Waals surface area contributed by atoms with E-state index in [0.717, 1.165) is 0 Å². The van der Waals surface area contributed by atoms with Crippen molar-refractivity contribution in [3.63, 3.8) is 0 Å². The molecule has 0 fully saturated rings. The standard InChI is InChI=1S/C12H10F3N3O3S/c1-20-7-3-6(4-8(5-7)21-2)9(19)16-11-18-17-10(22-11)12(13,14)15/h3-5H,1-2H3,(H,16,18,19). The van der Waals surface area contributed by atoms with E-state index in [4.69, 9.17) is 9.47 Å². The van der Waals surface area contributed by atoms with Crippen LogP contribution in [0, 0.1) is 0 Å². The SMILES string of the molecule is COc1cc(OC)cc(C(=O)Nc2nnc(C(F)(F)F)s2)c1. The maximum Gasteiger partial charge on any atom is 0.445 e. The summed E-state index contributed by atoms with van der Waals surface area (Å²) < 4.78 is 47.3. The normalized spacial score (nSPS) is 11.1. The van der Waals surface area contributed by atoms with Gasteiger partial charge in [-0.3, -0.25) is 10.1 Å². The highest BCUT2D eigenvalue weighted by Gasteiger charge is 2.35. The fourth-order valence-electron chi connectivity index (χ4n) is 1.50. The van der Waals surface area contributed by atoms with Gasteiger partial charge in [-0.15, -0.1) is 10.2 Å². The Morgan fingerprint density at radius 2 is 1.73 bits per heavy atom. The Labute approximate surface area is 126 Å². The van der Waals surface area contributed by atoms with Crippen molar-refractivity contribution in [3.05, 3.63) is 28.8 Å². The molecule has 0 aliphatic carbocycles. The van der Waals surface area contributed by atoms with Crippen molar-refractivity contribution < 1.29 is 27.4 Å². The van der Waals surface area contributed by atoms with Gasteiger partial charge in [0.1, 0.15) is 11.5 Å². The van der Waals surface area contributed by atoms with E-state index in [9.17, 15) is 18.0 Å². The summed E-state index contributed by atoms with van der Waals surface area (Å²) in [6, 6.07) is 4.40. The van der Waals surface area contributed by atoms with Crippen LogP contribution in [0.2, 0.25) is 0 Å². The van der Waals surface area contributed by atoms with Crippen molar-refractivity contribution in [2.75, 3.05) is 19.5 Å². The molecule has 0 spiro atoms. The van der Waals surface area contributed by atoms with E-state index in [1.54, 1.807) is 6.07 Å². The molecular weight excluding hydrogens is 323 g/mol. The molecule has 22 heavy (non-hydrogen) atoms. The first-order chi connectivity index (χ1) is 10.3. The lowest BCUT2D eigenvalue weighted by Crippen LogP contribution is -2.12. The van der Waals surface area contributed by atoms with Crippen LogP contribution in [0.25, 0.3) is 0 Å². The highest BCUT2D eigenvalue weighted by atomic mass is 32.1. The lowest BCUT2D eigenvalue weighted by atomic mass is 10.2. The predicted molar refractivity (Wildman–Crippen MR) is 72.4 cm³/mol. The third-order valence-electron chi connectivity index (χ3n) is 2.50. The topological polar surface area (TPSA) is 73.3 Å². The van der Waals surface area contributed by atoms with E-state index in [-0.39, 0.29) is 22.0 Å². The van der Waals surface area contributed by atoms with Gasteiger partial charge < -0.3 is 9.47 Å². The molecule has 0 radical (unpaired) electrons. The van der Waals surface area contributed by atoms with Gasteiger partial charge in [0, 0.05) is 11.6 Å². The Morgan fingerprint density at radius 3 is 2.18 bits per heavy atom. The Morgan fingerprint density at radius 1 is 1.14 bits per heavy atom. The largest absolute Gasteiger partial charge is 0.497 e. The Kier molecular flexibility index (Phi) is 4.50. The van der Waals surface area contributed by atoms with Gasteiger partial charge in [0.15, 0.2) is 0 Å². The van der Waals surface area contributed by atoms with Crippen LogP contribution in [0.3, 0.4) is 0 Å². The van der Waals surface area contributed by atoms with Gasteiger partial charge >= 0.3 is 6.18 Å². The van der Waals surface area contributed by atoms with Crippen LogP contribution in [-0.4, -0.2) is 30.3 Å². The Balaban J connectivity index is 2.20. The zero-order chi connectivity index (χ0) is 16.3. The summed E-state index contributed by atoms with van der Waals surface area (Å²) >= 11 is 0.241. The van der Waals surface area contributed by atoms with Crippen molar-refractivity contribution in [1.82, 2.24) is 10.2 Å². The maximum atomic E-state index is 12.4. The molecule has 1 heterocycles. The molecule has 0 saturated carbocycles. The highest BCUT2D eigenvalue weighted by Crippen LogP contribution is 2.33. The van der Waals surface area contributed by atoms with Gasteiger partial charge in [0.2, 0.25) is 10.1 Å². The number of ether oxygens (including phenoxy) is 2. The molecule has 10 heteroatoms. The number of carbonyl (C=O) groups excluding carboxylic acids is 1. The van der Waals surface area contributed by atoms with Crippen LogP contribution in [-0.2, 0) is 6.18 Å². The molecule has 1 aromatic heterocycles. The van der Waals surface area contributed by atoms with Crippen LogP contribution < -0.4 is 14.8 Å². The number of rotatable bonds is 4. The lowest BCUT2D eigenvalue weighted by Gasteiger charge is -2.07. The molecule has 1 aromatic carbocycles. The molecule has 2 aromatic rings. The van der Waals surface area contributed by atoms with Crippen LogP contribution >= 0.6 is 11.3 Å². The predicted octanol–water partition coefficient (Wildman–Crippen LogP) is 2.83. The summed E-state index contributed by atoms with van der Waals surface area (Å²) in [5.41, 5.74) is 0.153. The molecule has 0 bridgehead atoms. The van der Waals surface area contributed by atoms with Crippen LogP contribution in [0.5, 0.6) is 11.5 Å². The number of aromatic nitrogens is 2. The minimum atomic E-state index is -4.60. The molecule has 0 atom stereocenters. The minimum Gasteiger partial charge on any atom is -0.497 e. The second kappa shape index (κ2) is 6.18. The number of carbonyl (C=O) groups is 1. The first kappa shape index (κ1) is 16.0. The van der Waals surface area contributed by atoms with Gasteiger partial charge in [-0.2, -0.15) is 13.2 Å². The van der Waals surface area contributed by atoms with E-state index in [2.05, 4.69) is 15.5 Å². The molecule has 118 valence electrons. The first-order valence-corrected chi connectivity index (χ1v) is 6.60. The number of hydrogen-bond donors (Lipinski definition) is 1. The summed E-state index contributed by atoms with van der Waals surface area (Å²) in [6.07, 6.45) is -4.60. The van der Waals surface area contributed by atoms with Crippen molar-refractivity contribution in [1.29, 1.82) is 0 Å². The number of methoxy groups -OCH3 is 2. The second-order valence-electron chi connectivity index (χ2n) is 3.97. The van der Waals surface area contributed by atoms with Crippen LogP contribution in [0.1, 0.15) is 15.4 Å². The fraction of sp³-hybridized carbons (Fsp3) is 0.250. The van der Waals surface area contributed by atoms with Gasteiger partial charge in [0.05, 0.1) is 14.2 Å². The fourth-order valence-corrected chi connectivity index (χ4v) is 2.10. The average Bonchev–Trinajstić information content (AvgIpc) is 2.95. The smallest absolute Gasteiger partial charge is 0.445 e. The number of amides is 1. The van der Waals surface area contributed by atoms with E-state index in [1.807, 2.05) is 0 Å². The summed E-state index contributed by atoms with van der Waals surface area (Å²) in [6.45, 7) is 0. The molecule has 0 saturated heterocycles. The number of nitrogens with one attached hydrogen (secondary N) is 1. The van der Waals surface area contributed by atoms with E-state index in [0.29, 0.717) is 11.5 Å². The summed E-state index contributed by atoms with van der Waals surface area (Å²) in [5.74, 6) is 0.0950. The maximum absolute atomic E-state index is 12.4. The van der Waals surface area contributed by atoms with Crippen LogP contribution in [0.4, 0.5) is 18.3 Å². The van der Waals surface area contributed by atoms with Crippen LogP contribution in [0.15, 0.2) is 18.2 Å². The third kappa shape index (κ3) is 3.64. The highest BCUT2D eigenvalue weighted by molar-refractivity contribution is 7.15. The summed E-state index contributed by atoms with van der Waals surface area (Å²) in [5, 5.41) is 7.13. The van der Waals surface area contributed by atoms with Gasteiger partial charge in [-0.05, 0) is 12.1 Å². The van der Waals surface area contributed by atoms with Gasteiger partial charge in [0.25, 0.3) is 5.91 Å². The molecule has 0 aliphatic heterocycles. The van der Waals surface area contributed by atoms with E-state index in [1.165, 1.54) is 26.4 Å². The molecular formula is C12H10F3N3O3S. The summed E-state index contributed by atoms with van der Waals surface area (Å²) in [7, 11) is 2.83. The molecule has 0 aliphatic rings. The number of hydrogen-bond acceptors (Lipinski definition) is 6. The first-order valence-electron chi connectivity index (χ1n) is 5.78. The van der Waals surface area contributed by atoms with Gasteiger partial charge in [-0.25, -0.2) is 0 Å². The second-order valence-corrected chi connectivity index (χ2v) is 4.94. The summed E-state index contributed by atoms with van der Waals surface area (Å²) in [4.78, 5) is 12.0. The third-order valence-corrected chi connectivity index (χ3v) is 3.39. The Hall–Kier alpha value is -2.36. The monoisotopic (exact) mass is 333 g/mol. The quantitative estimate of drug-likeness (QED) is 0.931. The van der Waals surface area contributed by atoms with Crippen molar-refractivity contribution in [2.45, 2.75) is 6.18 Å². The van der Waals surface area contributed by atoms with Gasteiger partial charge in [-0.1, -0.05) is 11.3 Å². The zero-order valence-corrected chi connectivity index (χ0v) is 12.2. The molecule has 1 amide bonds. The van der Waals surface area contributed by atoms with E-state index >= 15 is 0 Å². The van der Waals surface area contributed by atoms with E-state index < -0.39 is 17.1 Å². The van der Waals surface area contributed by atoms with Crippen molar-refractivity contribution in [3.8, 4) is 11.5 Å². The lowest BCUT2D eigenvalue weighted by molar-refractivity contribution is -0.138. The number of anilines is 1. The van der Waals surface area contributed by atoms with Crippen molar-refractivity contribution >= 4 is 22.4 Å². The molecule has 6 nitrogen and oxygen atoms in total. The molecule has 1 N–H and O–H groups in total. The number of alkyl halides is 3. The zero-order valence-electron chi connectivity index (χ0n) is 11.4. The number of halogens is 3. The molecule has 0 unspecified atom stereocenters. The minimum absolute atomic E-state index is 0.153. The average molecular weight is 333 g/mol. The Bertz CT molecular complexity index is 665. The number of nitrogens with zero attached hydrogens (tertiary/aromatic N) is 2. The van der Waals surface area contributed by atoms with Crippen molar-refractivity contribution in [2.24, 2.45) is 0 Å².